The van der Waals surface area contributed by atoms with E-state index in [9.17, 15) is 0 Å². The molecular weight excluding hydrogens is 357 g/mol. The molecule has 0 spiro atoms. The number of pyridine rings is 2. The van der Waals surface area contributed by atoms with Crippen molar-refractivity contribution in [3.8, 4) is 11.1 Å². The first kappa shape index (κ1) is 17.7. The third-order valence-corrected chi connectivity index (χ3v) is 5.74. The lowest BCUT2D eigenvalue weighted by Gasteiger charge is -2.26. The van der Waals surface area contributed by atoms with Gasteiger partial charge in [-0.2, -0.15) is 0 Å². The van der Waals surface area contributed by atoms with Gasteiger partial charge in [0.25, 0.3) is 0 Å². The van der Waals surface area contributed by atoms with E-state index in [4.69, 9.17) is 4.42 Å². The first-order valence-corrected chi connectivity index (χ1v) is 9.88. The highest BCUT2D eigenvalue weighted by molar-refractivity contribution is 6.82. The summed E-state index contributed by atoms with van der Waals surface area (Å²) in [6.07, 6.45) is 4.33. The molecule has 1 aliphatic heterocycles. The van der Waals surface area contributed by atoms with E-state index in [2.05, 4.69) is 96.3 Å². The van der Waals surface area contributed by atoms with Crippen LogP contribution in [-0.4, -0.2) is 23.7 Å². The fourth-order valence-corrected chi connectivity index (χ4v) is 4.33. The second kappa shape index (κ2) is 6.62. The van der Waals surface area contributed by atoms with E-state index in [-0.39, 0.29) is 6.85 Å². The van der Waals surface area contributed by atoms with Crippen LogP contribution in [0.4, 0.5) is 0 Å². The van der Waals surface area contributed by atoms with Crippen molar-refractivity contribution in [2.45, 2.75) is 13.8 Å². The highest BCUT2D eigenvalue weighted by atomic mass is 16.3. The van der Waals surface area contributed by atoms with Crippen LogP contribution in [0.2, 0.25) is 0 Å². The van der Waals surface area contributed by atoms with Crippen LogP contribution in [0.15, 0.2) is 71.4 Å². The van der Waals surface area contributed by atoms with E-state index in [1.54, 1.807) is 0 Å². The van der Waals surface area contributed by atoms with E-state index >= 15 is 0 Å². The van der Waals surface area contributed by atoms with Gasteiger partial charge in [-0.3, -0.25) is 0 Å². The number of allylic oxidation sites excluding steroid dienone is 1. The molecule has 0 saturated heterocycles. The van der Waals surface area contributed by atoms with Gasteiger partial charge in [-0.1, -0.05) is 30.3 Å². The molecule has 5 rings (SSSR count). The van der Waals surface area contributed by atoms with Crippen LogP contribution in [0, 0.1) is 6.92 Å². The fraction of sp³-hybridized carbons (Fsp3) is 0.167. The topological polar surface area (TPSA) is 33.2 Å². The molecule has 0 aliphatic carbocycles. The molecule has 0 amide bonds. The summed E-state index contributed by atoms with van der Waals surface area (Å²) in [5.74, 6) is 0. The number of fused-ring (bicyclic) bond motifs is 3. The van der Waals surface area contributed by atoms with Gasteiger partial charge >= 0.3 is 6.85 Å². The SMILES string of the molecule is CC1=CN(C)B(c2cc(-c3ccccc3)cc[n+]2C)c2oc3nc(C)ccc3c21. The normalized spacial score (nSPS) is 13.6. The maximum Gasteiger partial charge on any atom is 0.443 e. The molecule has 0 unspecified atom stereocenters. The average Bonchev–Trinajstić information content (AvgIpc) is 3.08. The molecule has 1 aromatic carbocycles. The predicted molar refractivity (Wildman–Crippen MR) is 118 cm³/mol. The maximum absolute atomic E-state index is 6.37. The molecule has 4 aromatic rings. The highest BCUT2D eigenvalue weighted by Crippen LogP contribution is 2.29. The molecule has 0 N–H and O–H groups in total. The Labute approximate surface area is 171 Å². The molecule has 5 heteroatoms. The van der Waals surface area contributed by atoms with Crippen molar-refractivity contribution in [3.05, 3.63) is 78.3 Å². The predicted octanol–water partition coefficient (Wildman–Crippen LogP) is 3.04. The fourth-order valence-electron chi connectivity index (χ4n) is 4.33. The van der Waals surface area contributed by atoms with Gasteiger partial charge in [0.1, 0.15) is 12.7 Å². The molecule has 0 bridgehead atoms. The Hall–Kier alpha value is -3.34. The molecule has 0 saturated carbocycles. The molecule has 1 aliphatic rings. The minimum atomic E-state index is -0.0168. The van der Waals surface area contributed by atoms with E-state index < -0.39 is 0 Å². The lowest BCUT2D eigenvalue weighted by molar-refractivity contribution is -0.654. The second-order valence-electron chi connectivity index (χ2n) is 7.84. The number of hydrogen-bond donors (Lipinski definition) is 0. The number of hydrogen-bond acceptors (Lipinski definition) is 3. The molecule has 4 nitrogen and oxygen atoms in total. The van der Waals surface area contributed by atoms with Crippen molar-refractivity contribution in [1.82, 2.24) is 9.79 Å². The van der Waals surface area contributed by atoms with Gasteiger partial charge in [0, 0.05) is 28.8 Å². The smallest absolute Gasteiger partial charge is 0.443 e. The number of furan rings is 1. The Balaban J connectivity index is 1.72. The van der Waals surface area contributed by atoms with Crippen LogP contribution >= 0.6 is 0 Å². The third kappa shape index (κ3) is 2.85. The van der Waals surface area contributed by atoms with E-state index in [1.807, 2.05) is 13.0 Å². The summed E-state index contributed by atoms with van der Waals surface area (Å²) in [6.45, 7) is 4.12. The first-order chi connectivity index (χ1) is 14.0. The summed E-state index contributed by atoms with van der Waals surface area (Å²) in [7, 11) is 4.20. The average molecular weight is 380 g/mol. The quantitative estimate of drug-likeness (QED) is 0.396. The summed E-state index contributed by atoms with van der Waals surface area (Å²) >= 11 is 0. The number of benzene rings is 1. The van der Waals surface area contributed by atoms with Crippen molar-refractivity contribution in [2.24, 2.45) is 7.05 Å². The highest BCUT2D eigenvalue weighted by Gasteiger charge is 2.41. The molecule has 0 fully saturated rings. The Morgan fingerprint density at radius 3 is 2.59 bits per heavy atom. The van der Waals surface area contributed by atoms with Crippen molar-refractivity contribution in [3.63, 3.8) is 0 Å². The molecule has 29 heavy (non-hydrogen) atoms. The zero-order valence-electron chi connectivity index (χ0n) is 17.2. The summed E-state index contributed by atoms with van der Waals surface area (Å²) < 4.78 is 8.55. The van der Waals surface area contributed by atoms with Crippen LogP contribution in [0.1, 0.15) is 18.2 Å². The summed E-state index contributed by atoms with van der Waals surface area (Å²) in [4.78, 5) is 6.87. The number of rotatable bonds is 2. The Morgan fingerprint density at radius 2 is 1.79 bits per heavy atom. The summed E-state index contributed by atoms with van der Waals surface area (Å²) in [5, 5.41) is 1.08. The third-order valence-electron chi connectivity index (χ3n) is 5.74. The number of aryl methyl sites for hydroxylation is 2. The van der Waals surface area contributed by atoms with Gasteiger partial charge in [0.2, 0.25) is 5.71 Å². The lowest BCUT2D eigenvalue weighted by atomic mass is 9.51. The largest absolute Gasteiger partial charge is 0.449 e. The molecule has 0 radical (unpaired) electrons. The van der Waals surface area contributed by atoms with Gasteiger partial charge in [-0.05, 0) is 55.9 Å². The lowest BCUT2D eigenvalue weighted by Crippen LogP contribution is -2.65. The van der Waals surface area contributed by atoms with Crippen molar-refractivity contribution in [1.29, 1.82) is 0 Å². The van der Waals surface area contributed by atoms with Crippen molar-refractivity contribution < 1.29 is 8.98 Å². The minimum absolute atomic E-state index is 0.0168. The molecule has 3 aromatic heterocycles. The zero-order valence-corrected chi connectivity index (χ0v) is 17.2. The zero-order chi connectivity index (χ0) is 20.1. The first-order valence-electron chi connectivity index (χ1n) is 9.88. The summed E-state index contributed by atoms with van der Waals surface area (Å²) in [6, 6.07) is 19.1. The van der Waals surface area contributed by atoms with E-state index in [0.717, 1.165) is 16.7 Å². The standard InChI is InChI=1S/C24H23BN3O/c1-16-15-28(4)25(23-22(16)20-11-10-17(2)26-24(20)29-23)21-14-19(12-13-27(21)3)18-8-6-5-7-9-18/h5-15H,1-4H3/q+1. The van der Waals surface area contributed by atoms with Crippen molar-refractivity contribution >= 4 is 34.8 Å². The Bertz CT molecular complexity index is 1260. The molecule has 4 heterocycles. The molecule has 142 valence electrons. The van der Waals surface area contributed by atoms with Crippen LogP contribution in [-0.2, 0) is 7.05 Å². The molecule has 0 atom stereocenters. The van der Waals surface area contributed by atoms with E-state index in [0.29, 0.717) is 5.71 Å². The van der Waals surface area contributed by atoms with Gasteiger partial charge in [0.15, 0.2) is 11.8 Å². The van der Waals surface area contributed by atoms with Crippen LogP contribution < -0.4 is 15.8 Å². The van der Waals surface area contributed by atoms with Crippen LogP contribution in [0.25, 0.3) is 27.8 Å². The van der Waals surface area contributed by atoms with E-state index in [1.165, 1.54) is 27.9 Å². The molecular formula is C24H23BN3O+. The maximum atomic E-state index is 6.37. The van der Waals surface area contributed by atoms with Crippen molar-refractivity contribution in [2.75, 3.05) is 7.05 Å². The number of nitrogens with zero attached hydrogens (tertiary/aromatic N) is 3. The Morgan fingerprint density at radius 1 is 1.00 bits per heavy atom. The second-order valence-corrected chi connectivity index (χ2v) is 7.84. The van der Waals surface area contributed by atoms with Gasteiger partial charge in [0.05, 0.1) is 0 Å². The van der Waals surface area contributed by atoms with Gasteiger partial charge in [-0.25, -0.2) is 9.55 Å². The van der Waals surface area contributed by atoms with Gasteiger partial charge < -0.3 is 9.23 Å². The minimum Gasteiger partial charge on any atom is -0.449 e. The summed E-state index contributed by atoms with van der Waals surface area (Å²) in [5.41, 5.74) is 8.59. The van der Waals surface area contributed by atoms with Gasteiger partial charge in [-0.15, -0.1) is 0 Å². The van der Waals surface area contributed by atoms with Crippen LogP contribution in [0.5, 0.6) is 0 Å². The number of aromatic nitrogens is 2. The van der Waals surface area contributed by atoms with Crippen LogP contribution in [0.3, 0.4) is 0 Å². The Kier molecular flexibility index (Phi) is 4.05. The monoisotopic (exact) mass is 380 g/mol.